The molecule has 1 fully saturated rings. The van der Waals surface area contributed by atoms with E-state index in [1.54, 1.807) is 0 Å². The van der Waals surface area contributed by atoms with Crippen LogP contribution >= 0.6 is 0 Å². The largest absolute Gasteiger partial charge is 0.469 e. The van der Waals surface area contributed by atoms with E-state index in [4.69, 9.17) is 4.74 Å². The van der Waals surface area contributed by atoms with Gasteiger partial charge < -0.3 is 10.1 Å². The Kier molecular flexibility index (Phi) is 6.59. The molecule has 1 aliphatic rings. The van der Waals surface area contributed by atoms with Crippen LogP contribution in [0, 0.1) is 11.8 Å². The van der Waals surface area contributed by atoms with E-state index >= 15 is 0 Å². The number of rotatable bonds is 9. The van der Waals surface area contributed by atoms with Crippen molar-refractivity contribution in [2.24, 2.45) is 11.8 Å². The molecule has 5 heteroatoms. The first-order chi connectivity index (χ1) is 11.1. The number of amides is 1. The fourth-order valence-electron chi connectivity index (χ4n) is 2.53. The Hall–Kier alpha value is -1.88. The quantitative estimate of drug-likeness (QED) is 0.706. The molecule has 1 amide bonds. The number of benzene rings is 1. The first-order valence-corrected chi connectivity index (χ1v) is 8.19. The summed E-state index contributed by atoms with van der Waals surface area (Å²) in [6.45, 7) is 4.02. The number of hydrogen-bond acceptors (Lipinski definition) is 4. The van der Waals surface area contributed by atoms with Gasteiger partial charge in [0.15, 0.2) is 0 Å². The number of nitrogens with zero attached hydrogens (tertiary/aromatic N) is 1. The lowest BCUT2D eigenvalue weighted by Gasteiger charge is -2.24. The Bertz CT molecular complexity index is 514. The van der Waals surface area contributed by atoms with Crippen molar-refractivity contribution in [3.8, 4) is 0 Å². The Morgan fingerprint density at radius 3 is 2.61 bits per heavy atom. The zero-order valence-electron chi connectivity index (χ0n) is 14.0. The molecule has 1 N–H and O–H groups in total. The van der Waals surface area contributed by atoms with Gasteiger partial charge in [0.25, 0.3) is 0 Å². The van der Waals surface area contributed by atoms with Crippen molar-refractivity contribution in [3.05, 3.63) is 35.9 Å². The number of nitrogens with one attached hydrogen (secondary N) is 1. The van der Waals surface area contributed by atoms with Crippen LogP contribution in [-0.4, -0.2) is 43.5 Å². The minimum absolute atomic E-state index is 0.0184. The van der Waals surface area contributed by atoms with Crippen molar-refractivity contribution in [1.29, 1.82) is 0 Å². The third-order valence-corrected chi connectivity index (χ3v) is 4.04. The van der Waals surface area contributed by atoms with E-state index < -0.39 is 0 Å². The lowest BCUT2D eigenvalue weighted by Crippen LogP contribution is -2.40. The highest BCUT2D eigenvalue weighted by atomic mass is 16.5. The third kappa shape index (κ3) is 6.40. The van der Waals surface area contributed by atoms with Gasteiger partial charge >= 0.3 is 5.97 Å². The molecule has 2 rings (SSSR count). The summed E-state index contributed by atoms with van der Waals surface area (Å²) < 4.78 is 4.79. The van der Waals surface area contributed by atoms with Crippen LogP contribution in [0.1, 0.15) is 25.3 Å². The summed E-state index contributed by atoms with van der Waals surface area (Å²) in [6.07, 6.45) is 2.43. The van der Waals surface area contributed by atoms with Gasteiger partial charge in [0, 0.05) is 19.6 Å². The topological polar surface area (TPSA) is 58.6 Å². The van der Waals surface area contributed by atoms with E-state index in [0.29, 0.717) is 25.6 Å². The van der Waals surface area contributed by atoms with Crippen molar-refractivity contribution in [2.75, 3.05) is 26.7 Å². The van der Waals surface area contributed by atoms with Crippen LogP contribution in [-0.2, 0) is 20.9 Å². The second kappa shape index (κ2) is 8.67. The number of hydrogen-bond donors (Lipinski definition) is 1. The van der Waals surface area contributed by atoms with Crippen molar-refractivity contribution in [3.63, 3.8) is 0 Å². The van der Waals surface area contributed by atoms with Gasteiger partial charge in [-0.05, 0) is 24.3 Å². The highest BCUT2D eigenvalue weighted by molar-refractivity contribution is 5.78. The smallest absolute Gasteiger partial charge is 0.309 e. The van der Waals surface area contributed by atoms with Crippen LogP contribution in [0.3, 0.4) is 0 Å². The Morgan fingerprint density at radius 1 is 1.30 bits per heavy atom. The molecule has 126 valence electrons. The summed E-state index contributed by atoms with van der Waals surface area (Å²) in [6, 6.07) is 9.97. The van der Waals surface area contributed by atoms with Crippen LogP contribution < -0.4 is 5.32 Å². The number of carbonyl (C=O) groups excluding carboxylic acids is 2. The minimum atomic E-state index is -0.264. The molecule has 0 radical (unpaired) electrons. The average Bonchev–Trinajstić information content (AvgIpc) is 3.37. The molecule has 0 saturated heterocycles. The van der Waals surface area contributed by atoms with Gasteiger partial charge in [-0.3, -0.25) is 14.5 Å². The monoisotopic (exact) mass is 318 g/mol. The molecule has 0 bridgehead atoms. The van der Waals surface area contributed by atoms with Crippen LogP contribution in [0.5, 0.6) is 0 Å². The van der Waals surface area contributed by atoms with Crippen molar-refractivity contribution in [1.82, 2.24) is 10.2 Å². The number of methoxy groups -OCH3 is 1. The zero-order valence-corrected chi connectivity index (χ0v) is 14.0. The van der Waals surface area contributed by atoms with Gasteiger partial charge in [0.1, 0.15) is 0 Å². The van der Waals surface area contributed by atoms with Crippen molar-refractivity contribution < 1.29 is 14.3 Å². The van der Waals surface area contributed by atoms with Crippen molar-refractivity contribution in [2.45, 2.75) is 26.3 Å². The lowest BCUT2D eigenvalue weighted by molar-refractivity contribution is -0.145. The molecule has 1 aliphatic carbocycles. The fourth-order valence-corrected chi connectivity index (χ4v) is 2.53. The molecule has 0 aliphatic heterocycles. The molecule has 0 spiro atoms. The molecule has 23 heavy (non-hydrogen) atoms. The van der Waals surface area contributed by atoms with Crippen molar-refractivity contribution >= 4 is 11.9 Å². The second-order valence-corrected chi connectivity index (χ2v) is 6.33. The van der Waals surface area contributed by atoms with E-state index in [9.17, 15) is 9.59 Å². The Balaban J connectivity index is 1.91. The van der Waals surface area contributed by atoms with E-state index in [0.717, 1.165) is 12.1 Å². The SMILES string of the molecule is COC(=O)[C@@H](C)CN(CC(=O)NCC1CC1)Cc1ccccc1. The maximum atomic E-state index is 12.1. The highest BCUT2D eigenvalue weighted by Gasteiger charge is 2.23. The summed E-state index contributed by atoms with van der Waals surface area (Å²) in [4.78, 5) is 25.8. The molecule has 1 atom stereocenters. The maximum Gasteiger partial charge on any atom is 0.309 e. The summed E-state index contributed by atoms with van der Waals surface area (Å²) in [5.41, 5.74) is 1.12. The summed E-state index contributed by atoms with van der Waals surface area (Å²) >= 11 is 0. The molecular formula is C18H26N2O3. The zero-order chi connectivity index (χ0) is 16.7. The van der Waals surface area contributed by atoms with E-state index in [2.05, 4.69) is 5.32 Å². The van der Waals surface area contributed by atoms with Crippen LogP contribution in [0.25, 0.3) is 0 Å². The number of ether oxygens (including phenoxy) is 1. The lowest BCUT2D eigenvalue weighted by atomic mass is 10.1. The first kappa shape index (κ1) is 17.5. The van der Waals surface area contributed by atoms with E-state index in [1.807, 2.05) is 42.2 Å². The van der Waals surface area contributed by atoms with Gasteiger partial charge in [-0.25, -0.2) is 0 Å². The molecule has 0 aromatic heterocycles. The molecule has 1 aromatic carbocycles. The molecule has 0 unspecified atom stereocenters. The van der Waals surface area contributed by atoms with Gasteiger partial charge in [-0.15, -0.1) is 0 Å². The van der Waals surface area contributed by atoms with Crippen LogP contribution in [0.4, 0.5) is 0 Å². The normalized spacial score (nSPS) is 15.3. The predicted octanol–water partition coefficient (Wildman–Crippen LogP) is 1.82. The molecule has 1 aromatic rings. The molecular weight excluding hydrogens is 292 g/mol. The highest BCUT2D eigenvalue weighted by Crippen LogP contribution is 2.27. The number of carbonyl (C=O) groups is 2. The van der Waals surface area contributed by atoms with Gasteiger partial charge in [0.05, 0.1) is 19.6 Å². The summed E-state index contributed by atoms with van der Waals surface area (Å²) in [5.74, 6) is 0.168. The van der Waals surface area contributed by atoms with E-state index in [1.165, 1.54) is 20.0 Å². The molecule has 1 saturated carbocycles. The average molecular weight is 318 g/mol. The summed E-state index contributed by atoms with van der Waals surface area (Å²) in [7, 11) is 1.39. The Morgan fingerprint density at radius 2 is 2.00 bits per heavy atom. The minimum Gasteiger partial charge on any atom is -0.469 e. The second-order valence-electron chi connectivity index (χ2n) is 6.33. The fraction of sp³-hybridized carbons (Fsp3) is 0.556. The third-order valence-electron chi connectivity index (χ3n) is 4.04. The Labute approximate surface area is 138 Å². The van der Waals surface area contributed by atoms with Crippen LogP contribution in [0.15, 0.2) is 30.3 Å². The predicted molar refractivity (Wildman–Crippen MR) is 88.6 cm³/mol. The molecule has 0 heterocycles. The standard InChI is InChI=1S/C18H26N2O3/c1-14(18(22)23-2)11-20(12-16-6-4-3-5-7-16)13-17(21)19-10-15-8-9-15/h3-7,14-15H,8-13H2,1-2H3,(H,19,21)/t14-/m0/s1. The van der Waals surface area contributed by atoms with E-state index in [-0.39, 0.29) is 17.8 Å². The summed E-state index contributed by atoms with van der Waals surface area (Å²) in [5, 5.41) is 2.98. The number of esters is 1. The van der Waals surface area contributed by atoms with Crippen LogP contribution in [0.2, 0.25) is 0 Å². The first-order valence-electron chi connectivity index (χ1n) is 8.19. The van der Waals surface area contributed by atoms with Gasteiger partial charge in [0.2, 0.25) is 5.91 Å². The van der Waals surface area contributed by atoms with Gasteiger partial charge in [-0.2, -0.15) is 0 Å². The van der Waals surface area contributed by atoms with Gasteiger partial charge in [-0.1, -0.05) is 37.3 Å². The molecule has 5 nitrogen and oxygen atoms in total. The maximum absolute atomic E-state index is 12.1.